The average Bonchev–Trinajstić information content (AvgIpc) is 3.38. The van der Waals surface area contributed by atoms with Crippen LogP contribution in [0, 0.1) is 0 Å². The highest BCUT2D eigenvalue weighted by atomic mass is 32.1. The number of carbonyl (C=O) groups is 1. The van der Waals surface area contributed by atoms with Gasteiger partial charge in [-0.25, -0.2) is 0 Å². The number of nitrogens with one attached hydrogen (secondary N) is 1. The van der Waals surface area contributed by atoms with E-state index in [2.05, 4.69) is 15.4 Å². The second kappa shape index (κ2) is 7.33. The maximum Gasteiger partial charge on any atom is 0.291 e. The van der Waals surface area contributed by atoms with Gasteiger partial charge in [0.25, 0.3) is 5.91 Å². The maximum atomic E-state index is 12.8. The number of anilines is 1. The van der Waals surface area contributed by atoms with Gasteiger partial charge in [0.1, 0.15) is 0 Å². The van der Waals surface area contributed by atoms with Gasteiger partial charge in [0.05, 0.1) is 4.88 Å². The number of benzene rings is 2. The largest absolute Gasteiger partial charge is 0.350 e. The van der Waals surface area contributed by atoms with Crippen LogP contribution in [0.2, 0.25) is 0 Å². The zero-order chi connectivity index (χ0) is 17.8. The van der Waals surface area contributed by atoms with Gasteiger partial charge < -0.3 is 5.32 Å². The molecule has 4 aromatic rings. The number of rotatable bonds is 5. The smallest absolute Gasteiger partial charge is 0.291 e. The van der Waals surface area contributed by atoms with Crippen molar-refractivity contribution in [3.8, 4) is 11.4 Å². The first kappa shape index (κ1) is 16.2. The minimum atomic E-state index is -0.190. The van der Waals surface area contributed by atoms with Gasteiger partial charge in [-0.15, -0.1) is 16.4 Å². The van der Waals surface area contributed by atoms with Crippen molar-refractivity contribution in [3.05, 3.63) is 88.6 Å². The Labute approximate surface area is 155 Å². The molecule has 0 radical (unpaired) electrons. The van der Waals surface area contributed by atoms with E-state index in [9.17, 15) is 4.79 Å². The summed E-state index contributed by atoms with van der Waals surface area (Å²) in [5, 5.41) is 9.56. The van der Waals surface area contributed by atoms with Crippen molar-refractivity contribution in [2.75, 3.05) is 5.32 Å². The summed E-state index contributed by atoms with van der Waals surface area (Å²) >= 11 is 1.39. The van der Waals surface area contributed by atoms with Gasteiger partial charge >= 0.3 is 0 Å². The molecule has 0 aliphatic carbocycles. The van der Waals surface area contributed by atoms with E-state index in [4.69, 9.17) is 0 Å². The van der Waals surface area contributed by atoms with Crippen LogP contribution in [-0.2, 0) is 6.54 Å². The van der Waals surface area contributed by atoms with Crippen molar-refractivity contribution in [1.29, 1.82) is 0 Å². The molecular formula is C20H16N4OS. The zero-order valence-electron chi connectivity index (χ0n) is 13.9. The van der Waals surface area contributed by atoms with Gasteiger partial charge in [-0.05, 0) is 17.0 Å². The minimum Gasteiger partial charge on any atom is -0.350 e. The number of hydrogen-bond acceptors (Lipinski definition) is 5. The minimum absolute atomic E-state index is 0.190. The molecule has 0 unspecified atom stereocenters. The fraction of sp³-hybridized carbons (Fsp3) is 0.0500. The highest BCUT2D eigenvalue weighted by Crippen LogP contribution is 2.20. The van der Waals surface area contributed by atoms with Crippen LogP contribution in [0.25, 0.3) is 11.4 Å². The molecular weight excluding hydrogens is 344 g/mol. The molecule has 0 saturated heterocycles. The van der Waals surface area contributed by atoms with Crippen LogP contribution >= 0.6 is 11.3 Å². The van der Waals surface area contributed by atoms with Crippen LogP contribution in [0.4, 0.5) is 5.95 Å². The van der Waals surface area contributed by atoms with E-state index in [0.29, 0.717) is 23.2 Å². The molecule has 2 heterocycles. The first-order valence-electron chi connectivity index (χ1n) is 8.20. The third-order valence-electron chi connectivity index (χ3n) is 3.86. The molecule has 0 atom stereocenters. The highest BCUT2D eigenvalue weighted by molar-refractivity contribution is 7.12. The van der Waals surface area contributed by atoms with E-state index in [1.807, 2.05) is 72.1 Å². The van der Waals surface area contributed by atoms with Crippen LogP contribution in [0.15, 0.2) is 78.2 Å². The van der Waals surface area contributed by atoms with Crippen molar-refractivity contribution in [3.63, 3.8) is 0 Å². The van der Waals surface area contributed by atoms with E-state index in [1.54, 1.807) is 6.07 Å². The molecule has 2 aromatic carbocycles. The Bertz CT molecular complexity index is 995. The maximum absolute atomic E-state index is 12.8. The molecule has 26 heavy (non-hydrogen) atoms. The molecule has 128 valence electrons. The van der Waals surface area contributed by atoms with E-state index in [0.717, 1.165) is 11.1 Å². The van der Waals surface area contributed by atoms with Crippen molar-refractivity contribution >= 4 is 23.2 Å². The number of aromatic nitrogens is 3. The lowest BCUT2D eigenvalue weighted by molar-refractivity contribution is 0.0951. The van der Waals surface area contributed by atoms with E-state index >= 15 is 0 Å². The van der Waals surface area contributed by atoms with Crippen molar-refractivity contribution in [1.82, 2.24) is 14.8 Å². The zero-order valence-corrected chi connectivity index (χ0v) is 14.7. The molecule has 6 heteroatoms. The Morgan fingerprint density at radius 2 is 1.69 bits per heavy atom. The number of hydrogen-bond donors (Lipinski definition) is 1. The third kappa shape index (κ3) is 3.41. The fourth-order valence-corrected chi connectivity index (χ4v) is 3.21. The van der Waals surface area contributed by atoms with Crippen LogP contribution in [0.3, 0.4) is 0 Å². The third-order valence-corrected chi connectivity index (χ3v) is 4.71. The molecule has 0 amide bonds. The SMILES string of the molecule is O=C(c1cccs1)n1nc(-c2ccccc2)nc1NCc1ccccc1. The Kier molecular flexibility index (Phi) is 4.57. The summed E-state index contributed by atoms with van der Waals surface area (Å²) < 4.78 is 1.34. The Hall–Kier alpha value is -3.25. The van der Waals surface area contributed by atoms with Crippen LogP contribution in [0.1, 0.15) is 15.2 Å². The second-order valence-corrected chi connectivity index (χ2v) is 6.61. The first-order chi connectivity index (χ1) is 12.8. The van der Waals surface area contributed by atoms with E-state index in [-0.39, 0.29) is 5.91 Å². The molecule has 4 rings (SSSR count). The molecule has 0 aliphatic heterocycles. The predicted molar refractivity (Wildman–Crippen MR) is 103 cm³/mol. The topological polar surface area (TPSA) is 59.8 Å². The molecule has 0 fully saturated rings. The van der Waals surface area contributed by atoms with Gasteiger partial charge in [0.2, 0.25) is 5.95 Å². The lowest BCUT2D eigenvalue weighted by atomic mass is 10.2. The van der Waals surface area contributed by atoms with Crippen LogP contribution < -0.4 is 5.32 Å². The van der Waals surface area contributed by atoms with Gasteiger partial charge in [0.15, 0.2) is 5.82 Å². The predicted octanol–water partition coefficient (Wildman–Crippen LogP) is 4.31. The second-order valence-electron chi connectivity index (χ2n) is 5.66. The lowest BCUT2D eigenvalue weighted by Crippen LogP contribution is -2.16. The summed E-state index contributed by atoms with van der Waals surface area (Å²) in [5.74, 6) is 0.766. The summed E-state index contributed by atoms with van der Waals surface area (Å²) in [4.78, 5) is 18.0. The van der Waals surface area contributed by atoms with Crippen LogP contribution in [0.5, 0.6) is 0 Å². The molecule has 0 aliphatic rings. The number of nitrogens with zero attached hydrogens (tertiary/aromatic N) is 3. The summed E-state index contributed by atoms with van der Waals surface area (Å²) in [5.41, 5.74) is 1.97. The fourth-order valence-electron chi connectivity index (χ4n) is 2.56. The quantitative estimate of drug-likeness (QED) is 0.576. The monoisotopic (exact) mass is 360 g/mol. The first-order valence-corrected chi connectivity index (χ1v) is 9.08. The molecule has 1 N–H and O–H groups in total. The van der Waals surface area contributed by atoms with Gasteiger partial charge in [-0.1, -0.05) is 66.7 Å². The molecule has 5 nitrogen and oxygen atoms in total. The Balaban J connectivity index is 1.68. The summed E-state index contributed by atoms with van der Waals surface area (Å²) in [7, 11) is 0. The number of thiophene rings is 1. The highest BCUT2D eigenvalue weighted by Gasteiger charge is 2.19. The summed E-state index contributed by atoms with van der Waals surface area (Å²) in [6.07, 6.45) is 0. The summed E-state index contributed by atoms with van der Waals surface area (Å²) in [6, 6.07) is 23.3. The van der Waals surface area contributed by atoms with Gasteiger partial charge in [0, 0.05) is 12.1 Å². The molecule has 0 bridgehead atoms. The number of carbonyl (C=O) groups excluding carboxylic acids is 1. The Morgan fingerprint density at radius 1 is 0.962 bits per heavy atom. The summed E-state index contributed by atoms with van der Waals surface area (Å²) in [6.45, 7) is 0.561. The van der Waals surface area contributed by atoms with Gasteiger partial charge in [-0.2, -0.15) is 9.67 Å². The normalized spacial score (nSPS) is 10.6. The van der Waals surface area contributed by atoms with E-state index in [1.165, 1.54) is 16.0 Å². The van der Waals surface area contributed by atoms with Crippen molar-refractivity contribution in [2.24, 2.45) is 0 Å². The molecule has 2 aromatic heterocycles. The molecule has 0 saturated carbocycles. The van der Waals surface area contributed by atoms with Gasteiger partial charge in [-0.3, -0.25) is 4.79 Å². The van der Waals surface area contributed by atoms with E-state index < -0.39 is 0 Å². The molecule has 0 spiro atoms. The van der Waals surface area contributed by atoms with Crippen LogP contribution in [-0.4, -0.2) is 20.7 Å². The standard InChI is InChI=1S/C20H16N4OS/c25-19(17-12-7-13-26-17)24-20(21-14-15-8-3-1-4-9-15)22-18(23-24)16-10-5-2-6-11-16/h1-13H,14H2,(H,21,22,23). The lowest BCUT2D eigenvalue weighted by Gasteiger charge is -2.06. The van der Waals surface area contributed by atoms with Crippen molar-refractivity contribution in [2.45, 2.75) is 6.54 Å². The van der Waals surface area contributed by atoms with Crippen molar-refractivity contribution < 1.29 is 4.79 Å². The average molecular weight is 360 g/mol. The Morgan fingerprint density at radius 3 is 2.38 bits per heavy atom.